The van der Waals surface area contributed by atoms with Gasteiger partial charge in [-0.1, -0.05) is 6.07 Å². The molecule has 1 aromatic carbocycles. The normalized spacial score (nSPS) is 18.8. The number of benzene rings is 1. The molecule has 2 rings (SSSR count). The standard InChI is InChI=1S/C15H20N2O2S/c1-10-6-7-11(20)9-12(10)15(19)17-8-4-3-5-13(17)14(18)16-2/h6-7,9,13,20H,3-5,8H2,1-2H3,(H,16,18). The number of likely N-dealkylation sites (N-methyl/N-ethyl adjacent to an activating group) is 1. The van der Waals surface area contributed by atoms with Crippen LogP contribution in [0.5, 0.6) is 0 Å². The first kappa shape index (κ1) is 14.9. The Balaban J connectivity index is 2.30. The quantitative estimate of drug-likeness (QED) is 0.819. The van der Waals surface area contributed by atoms with E-state index in [1.54, 1.807) is 18.0 Å². The zero-order valence-electron chi connectivity index (χ0n) is 11.8. The summed E-state index contributed by atoms with van der Waals surface area (Å²) in [5.74, 6) is -0.163. The third-order valence-corrected chi connectivity index (χ3v) is 4.04. The minimum absolute atomic E-state index is 0.0771. The Labute approximate surface area is 124 Å². The van der Waals surface area contributed by atoms with Gasteiger partial charge < -0.3 is 10.2 Å². The van der Waals surface area contributed by atoms with Gasteiger partial charge in [-0.2, -0.15) is 0 Å². The van der Waals surface area contributed by atoms with Gasteiger partial charge in [-0.3, -0.25) is 9.59 Å². The SMILES string of the molecule is CNC(=O)C1CCCCN1C(=O)c1cc(S)ccc1C. The van der Waals surface area contributed by atoms with E-state index in [4.69, 9.17) is 0 Å². The van der Waals surface area contributed by atoms with E-state index in [0.29, 0.717) is 12.1 Å². The van der Waals surface area contributed by atoms with Gasteiger partial charge in [-0.25, -0.2) is 0 Å². The summed E-state index contributed by atoms with van der Waals surface area (Å²) >= 11 is 4.29. The van der Waals surface area contributed by atoms with Crippen molar-refractivity contribution in [3.63, 3.8) is 0 Å². The van der Waals surface area contributed by atoms with Crippen molar-refractivity contribution < 1.29 is 9.59 Å². The highest BCUT2D eigenvalue weighted by Crippen LogP contribution is 2.22. The zero-order valence-corrected chi connectivity index (χ0v) is 12.7. The second kappa shape index (κ2) is 6.31. The van der Waals surface area contributed by atoms with Crippen LogP contribution in [0, 0.1) is 6.92 Å². The van der Waals surface area contributed by atoms with Crippen LogP contribution in [0.3, 0.4) is 0 Å². The van der Waals surface area contributed by atoms with Crippen molar-refractivity contribution in [1.29, 1.82) is 0 Å². The summed E-state index contributed by atoms with van der Waals surface area (Å²) in [4.78, 5) is 27.1. The van der Waals surface area contributed by atoms with Crippen molar-refractivity contribution in [2.24, 2.45) is 0 Å². The maximum absolute atomic E-state index is 12.7. The van der Waals surface area contributed by atoms with E-state index in [-0.39, 0.29) is 17.9 Å². The van der Waals surface area contributed by atoms with Crippen molar-refractivity contribution in [2.75, 3.05) is 13.6 Å². The molecule has 1 atom stereocenters. The van der Waals surface area contributed by atoms with E-state index in [2.05, 4.69) is 17.9 Å². The molecule has 0 radical (unpaired) electrons. The van der Waals surface area contributed by atoms with Gasteiger partial charge in [0.15, 0.2) is 0 Å². The number of rotatable bonds is 2. The Morgan fingerprint density at radius 3 is 2.80 bits per heavy atom. The first-order chi connectivity index (χ1) is 9.54. The molecule has 0 saturated carbocycles. The molecule has 1 heterocycles. The maximum Gasteiger partial charge on any atom is 0.254 e. The first-order valence-electron chi connectivity index (χ1n) is 6.86. The number of amides is 2. The van der Waals surface area contributed by atoms with Crippen LogP contribution in [0.15, 0.2) is 23.1 Å². The number of likely N-dealkylation sites (tertiary alicyclic amines) is 1. The molecule has 4 nitrogen and oxygen atoms in total. The van der Waals surface area contributed by atoms with Crippen LogP contribution >= 0.6 is 12.6 Å². The van der Waals surface area contributed by atoms with E-state index in [1.807, 2.05) is 19.1 Å². The lowest BCUT2D eigenvalue weighted by Crippen LogP contribution is -2.51. The largest absolute Gasteiger partial charge is 0.357 e. The number of thiol groups is 1. The highest BCUT2D eigenvalue weighted by atomic mass is 32.1. The first-order valence-corrected chi connectivity index (χ1v) is 7.31. The van der Waals surface area contributed by atoms with Crippen LogP contribution in [-0.4, -0.2) is 36.3 Å². The third-order valence-electron chi connectivity index (χ3n) is 3.76. The van der Waals surface area contributed by atoms with Gasteiger partial charge >= 0.3 is 0 Å². The average Bonchev–Trinajstić information content (AvgIpc) is 2.48. The van der Waals surface area contributed by atoms with Crippen molar-refractivity contribution in [3.8, 4) is 0 Å². The van der Waals surface area contributed by atoms with E-state index < -0.39 is 0 Å². The second-order valence-electron chi connectivity index (χ2n) is 5.12. The Morgan fingerprint density at radius 2 is 2.10 bits per heavy atom. The van der Waals surface area contributed by atoms with Gasteiger partial charge in [0.25, 0.3) is 5.91 Å². The minimum atomic E-state index is -0.357. The molecular weight excluding hydrogens is 272 g/mol. The summed E-state index contributed by atoms with van der Waals surface area (Å²) in [6.07, 6.45) is 2.65. The monoisotopic (exact) mass is 292 g/mol. The molecule has 1 aromatic rings. The average molecular weight is 292 g/mol. The van der Waals surface area contributed by atoms with Crippen LogP contribution in [0.25, 0.3) is 0 Å². The van der Waals surface area contributed by atoms with Crippen LogP contribution in [-0.2, 0) is 4.79 Å². The molecule has 108 valence electrons. The molecule has 0 aliphatic carbocycles. The summed E-state index contributed by atoms with van der Waals surface area (Å²) in [5.41, 5.74) is 1.54. The Kier molecular flexibility index (Phi) is 4.70. The van der Waals surface area contributed by atoms with E-state index in [1.165, 1.54) is 0 Å². The van der Waals surface area contributed by atoms with Crippen LogP contribution in [0.4, 0.5) is 0 Å². The number of carbonyl (C=O) groups is 2. The smallest absolute Gasteiger partial charge is 0.254 e. The molecule has 20 heavy (non-hydrogen) atoms. The lowest BCUT2D eigenvalue weighted by atomic mass is 9.99. The van der Waals surface area contributed by atoms with Crippen LogP contribution in [0.1, 0.15) is 35.2 Å². The fourth-order valence-corrected chi connectivity index (χ4v) is 2.81. The Morgan fingerprint density at radius 1 is 1.35 bits per heavy atom. The molecule has 0 spiro atoms. The summed E-state index contributed by atoms with van der Waals surface area (Å²) in [6.45, 7) is 2.53. The number of aryl methyl sites for hydroxylation is 1. The number of hydrogen-bond acceptors (Lipinski definition) is 3. The maximum atomic E-state index is 12.7. The highest BCUT2D eigenvalue weighted by Gasteiger charge is 2.32. The van der Waals surface area contributed by atoms with E-state index in [9.17, 15) is 9.59 Å². The van der Waals surface area contributed by atoms with Crippen molar-refractivity contribution in [1.82, 2.24) is 10.2 Å². The molecule has 0 aromatic heterocycles. The molecule has 1 fully saturated rings. The van der Waals surface area contributed by atoms with Crippen LogP contribution < -0.4 is 5.32 Å². The molecule has 0 bridgehead atoms. The van der Waals surface area contributed by atoms with Crippen LogP contribution in [0.2, 0.25) is 0 Å². The summed E-state index contributed by atoms with van der Waals surface area (Å²) in [5, 5.41) is 2.65. The number of nitrogens with zero attached hydrogens (tertiary/aromatic N) is 1. The van der Waals surface area contributed by atoms with Gasteiger partial charge in [0.05, 0.1) is 0 Å². The van der Waals surface area contributed by atoms with Crippen molar-refractivity contribution >= 4 is 24.4 Å². The zero-order chi connectivity index (χ0) is 14.7. The van der Waals surface area contributed by atoms with Crippen molar-refractivity contribution in [3.05, 3.63) is 29.3 Å². The Bertz CT molecular complexity index is 531. The molecule has 1 aliphatic rings. The molecule has 1 aliphatic heterocycles. The van der Waals surface area contributed by atoms with Gasteiger partial charge in [0, 0.05) is 24.1 Å². The summed E-state index contributed by atoms with van der Waals surface area (Å²) in [6, 6.07) is 5.16. The topological polar surface area (TPSA) is 49.4 Å². The number of hydrogen-bond donors (Lipinski definition) is 2. The van der Waals surface area contributed by atoms with Gasteiger partial charge in [0.2, 0.25) is 5.91 Å². The molecule has 2 amide bonds. The molecule has 5 heteroatoms. The van der Waals surface area contributed by atoms with Crippen molar-refractivity contribution in [2.45, 2.75) is 37.1 Å². The van der Waals surface area contributed by atoms with Gasteiger partial charge in [-0.05, 0) is 43.9 Å². The number of nitrogens with one attached hydrogen (secondary N) is 1. The fourth-order valence-electron chi connectivity index (χ4n) is 2.61. The fraction of sp³-hybridized carbons (Fsp3) is 0.467. The number of piperidine rings is 1. The van der Waals surface area contributed by atoms with E-state index in [0.717, 1.165) is 29.7 Å². The van der Waals surface area contributed by atoms with Gasteiger partial charge in [-0.15, -0.1) is 12.6 Å². The predicted octanol–water partition coefficient (Wildman–Crippen LogP) is 2.02. The predicted molar refractivity (Wildman–Crippen MR) is 81.2 cm³/mol. The minimum Gasteiger partial charge on any atom is -0.357 e. The van der Waals surface area contributed by atoms with E-state index >= 15 is 0 Å². The third kappa shape index (κ3) is 2.98. The summed E-state index contributed by atoms with van der Waals surface area (Å²) in [7, 11) is 1.61. The highest BCUT2D eigenvalue weighted by molar-refractivity contribution is 7.80. The molecule has 1 saturated heterocycles. The molecule has 1 unspecified atom stereocenters. The Hall–Kier alpha value is -1.49. The molecular formula is C15H20N2O2S. The second-order valence-corrected chi connectivity index (χ2v) is 5.64. The lowest BCUT2D eigenvalue weighted by Gasteiger charge is -2.34. The van der Waals surface area contributed by atoms with Gasteiger partial charge in [0.1, 0.15) is 6.04 Å². The number of carbonyl (C=O) groups excluding carboxylic acids is 2. The summed E-state index contributed by atoms with van der Waals surface area (Å²) < 4.78 is 0. The molecule has 1 N–H and O–H groups in total. The lowest BCUT2D eigenvalue weighted by molar-refractivity contribution is -0.126.